The van der Waals surface area contributed by atoms with Crippen molar-refractivity contribution >= 4 is 17.7 Å². The predicted molar refractivity (Wildman–Crippen MR) is 112 cm³/mol. The van der Waals surface area contributed by atoms with E-state index in [0.717, 1.165) is 39.6 Å². The van der Waals surface area contributed by atoms with Gasteiger partial charge in [-0.05, 0) is 57.2 Å². The summed E-state index contributed by atoms with van der Waals surface area (Å²) < 4.78 is 16.4. The summed E-state index contributed by atoms with van der Waals surface area (Å²) in [5.41, 5.74) is 6.36. The van der Waals surface area contributed by atoms with E-state index in [-0.39, 0.29) is 5.78 Å². The molecule has 2 heterocycles. The van der Waals surface area contributed by atoms with Crippen LogP contribution in [0.4, 0.5) is 5.69 Å². The second kappa shape index (κ2) is 7.00. The third-order valence-corrected chi connectivity index (χ3v) is 5.15. The van der Waals surface area contributed by atoms with Crippen molar-refractivity contribution in [3.8, 4) is 11.4 Å². The first-order valence-corrected chi connectivity index (χ1v) is 9.15. The second-order valence-electron chi connectivity index (χ2n) is 6.86. The Bertz CT molecular complexity index is 1120. The number of rotatable bonds is 4. The maximum absolute atomic E-state index is 11.5. The van der Waals surface area contributed by atoms with Crippen molar-refractivity contribution in [1.82, 2.24) is 4.57 Å². The number of methoxy groups -OCH3 is 1. The molecule has 5 heteroatoms. The number of ether oxygens (including phenoxy) is 1. The number of hydrogen-bond acceptors (Lipinski definition) is 4. The number of anilines is 1. The third kappa shape index (κ3) is 2.99. The van der Waals surface area contributed by atoms with Crippen LogP contribution in [-0.4, -0.2) is 23.7 Å². The SMILES string of the molecule is [2H]C1c2c(c(C)n(-c3cccc(OC)c3)c2C)C=NN1c1ccc(C(C)=O)cc1. The van der Waals surface area contributed by atoms with Crippen molar-refractivity contribution < 1.29 is 10.9 Å². The molecule has 0 aliphatic carbocycles. The molecule has 1 atom stereocenters. The van der Waals surface area contributed by atoms with Gasteiger partial charge in [0.2, 0.25) is 0 Å². The van der Waals surface area contributed by atoms with Gasteiger partial charge in [-0.2, -0.15) is 5.10 Å². The fraction of sp³-hybridized carbons (Fsp3) is 0.217. The van der Waals surface area contributed by atoms with Gasteiger partial charge in [0, 0.05) is 39.8 Å². The van der Waals surface area contributed by atoms with Crippen LogP contribution in [0.2, 0.25) is 0 Å². The highest BCUT2D eigenvalue weighted by atomic mass is 16.5. The summed E-state index contributed by atoms with van der Waals surface area (Å²) in [5.74, 6) is 0.807. The molecule has 1 aliphatic rings. The van der Waals surface area contributed by atoms with Crippen LogP contribution in [0.5, 0.6) is 5.75 Å². The van der Waals surface area contributed by atoms with Crippen LogP contribution < -0.4 is 9.75 Å². The zero-order valence-electron chi connectivity index (χ0n) is 17.4. The lowest BCUT2D eigenvalue weighted by Gasteiger charge is -2.23. The zero-order valence-corrected chi connectivity index (χ0v) is 16.4. The summed E-state index contributed by atoms with van der Waals surface area (Å²) in [5, 5.41) is 6.21. The van der Waals surface area contributed by atoms with E-state index in [4.69, 9.17) is 6.11 Å². The molecule has 3 aromatic rings. The minimum absolute atomic E-state index is 0.0187. The number of nitrogens with zero attached hydrogens (tertiary/aromatic N) is 3. The van der Waals surface area contributed by atoms with Gasteiger partial charge >= 0.3 is 0 Å². The van der Waals surface area contributed by atoms with E-state index in [0.29, 0.717) is 5.56 Å². The van der Waals surface area contributed by atoms with Gasteiger partial charge < -0.3 is 9.30 Å². The van der Waals surface area contributed by atoms with Crippen LogP contribution in [0.1, 0.15) is 41.2 Å². The second-order valence-corrected chi connectivity index (χ2v) is 6.86. The van der Waals surface area contributed by atoms with Crippen LogP contribution >= 0.6 is 0 Å². The molecule has 0 saturated heterocycles. The Labute approximate surface area is 166 Å². The quantitative estimate of drug-likeness (QED) is 0.624. The maximum atomic E-state index is 11.5. The first-order valence-electron chi connectivity index (χ1n) is 9.72. The summed E-state index contributed by atoms with van der Waals surface area (Å²) in [6.45, 7) is 4.94. The van der Waals surface area contributed by atoms with Gasteiger partial charge in [-0.15, -0.1) is 0 Å². The average molecular weight is 374 g/mol. The molecule has 1 unspecified atom stereocenters. The monoisotopic (exact) mass is 374 g/mol. The van der Waals surface area contributed by atoms with Gasteiger partial charge in [-0.25, -0.2) is 0 Å². The van der Waals surface area contributed by atoms with E-state index in [1.165, 1.54) is 0 Å². The molecule has 0 fully saturated rings. The van der Waals surface area contributed by atoms with Crippen molar-refractivity contribution in [2.24, 2.45) is 5.10 Å². The Morgan fingerprint density at radius 2 is 1.86 bits per heavy atom. The number of hydrogen-bond donors (Lipinski definition) is 0. The Kier molecular flexibility index (Phi) is 4.20. The van der Waals surface area contributed by atoms with Crippen LogP contribution in [0, 0.1) is 13.8 Å². The summed E-state index contributed by atoms with van der Waals surface area (Å²) in [7, 11) is 1.65. The number of aromatic nitrogens is 1. The molecule has 0 saturated carbocycles. The molecule has 4 rings (SSSR count). The van der Waals surface area contributed by atoms with Gasteiger partial charge in [0.25, 0.3) is 0 Å². The zero-order chi connectivity index (χ0) is 20.7. The number of Topliss-reactive ketones (excluding diaryl/α,β-unsaturated/α-hetero) is 1. The van der Waals surface area contributed by atoms with E-state index < -0.39 is 6.52 Å². The van der Waals surface area contributed by atoms with Crippen molar-refractivity contribution in [2.75, 3.05) is 12.1 Å². The van der Waals surface area contributed by atoms with Gasteiger partial charge in [-0.3, -0.25) is 9.80 Å². The van der Waals surface area contributed by atoms with E-state index in [1.807, 2.05) is 56.5 Å². The molecular weight excluding hydrogens is 350 g/mol. The van der Waals surface area contributed by atoms with E-state index in [2.05, 4.69) is 9.67 Å². The molecule has 1 aromatic heterocycles. The lowest BCUT2D eigenvalue weighted by Crippen LogP contribution is -2.21. The van der Waals surface area contributed by atoms with Gasteiger partial charge in [0.05, 0.1) is 26.9 Å². The first-order chi connectivity index (χ1) is 13.9. The number of hydrazone groups is 1. The topological polar surface area (TPSA) is 46.8 Å². The molecule has 5 nitrogen and oxygen atoms in total. The lowest BCUT2D eigenvalue weighted by molar-refractivity contribution is 0.101. The van der Waals surface area contributed by atoms with Crippen molar-refractivity contribution in [3.05, 3.63) is 76.6 Å². The lowest BCUT2D eigenvalue weighted by atomic mass is 10.1. The van der Waals surface area contributed by atoms with Crippen molar-refractivity contribution in [1.29, 1.82) is 0 Å². The molecule has 2 aromatic carbocycles. The van der Waals surface area contributed by atoms with E-state index in [1.54, 1.807) is 31.2 Å². The minimum Gasteiger partial charge on any atom is -0.497 e. The summed E-state index contributed by atoms with van der Waals surface area (Å²) in [4.78, 5) is 11.5. The number of carbonyl (C=O) groups is 1. The summed E-state index contributed by atoms with van der Waals surface area (Å²) >= 11 is 0. The third-order valence-electron chi connectivity index (χ3n) is 5.15. The number of ketones is 1. The molecule has 0 spiro atoms. The Morgan fingerprint density at radius 3 is 2.54 bits per heavy atom. The average Bonchev–Trinajstić information content (AvgIpc) is 2.99. The molecule has 142 valence electrons. The Hall–Kier alpha value is -3.34. The number of fused-ring (bicyclic) bond motifs is 1. The Balaban J connectivity index is 1.76. The number of carbonyl (C=O) groups excluding carboxylic acids is 1. The molecule has 0 amide bonds. The Morgan fingerprint density at radius 1 is 1.11 bits per heavy atom. The molecule has 0 N–H and O–H groups in total. The van der Waals surface area contributed by atoms with Gasteiger partial charge in [0.1, 0.15) is 5.75 Å². The van der Waals surface area contributed by atoms with E-state index >= 15 is 0 Å². The van der Waals surface area contributed by atoms with Crippen LogP contribution in [0.3, 0.4) is 0 Å². The predicted octanol–water partition coefficient (Wildman–Crippen LogP) is 4.66. The highest BCUT2D eigenvalue weighted by Gasteiger charge is 2.23. The van der Waals surface area contributed by atoms with Crippen molar-refractivity contribution in [3.63, 3.8) is 0 Å². The summed E-state index contributed by atoms with van der Waals surface area (Å²) in [6, 6.07) is 15.1. The van der Waals surface area contributed by atoms with Gasteiger partial charge in [0.15, 0.2) is 5.78 Å². The first kappa shape index (κ1) is 16.8. The molecule has 0 bridgehead atoms. The smallest absolute Gasteiger partial charge is 0.159 e. The van der Waals surface area contributed by atoms with Crippen LogP contribution in [-0.2, 0) is 6.52 Å². The molecule has 0 radical (unpaired) electrons. The van der Waals surface area contributed by atoms with Crippen LogP contribution in [0.25, 0.3) is 5.69 Å². The fourth-order valence-corrected chi connectivity index (χ4v) is 3.61. The van der Waals surface area contributed by atoms with Crippen LogP contribution in [0.15, 0.2) is 53.6 Å². The normalized spacial score (nSPS) is 15.9. The van der Waals surface area contributed by atoms with E-state index in [9.17, 15) is 4.79 Å². The molecular formula is C23H23N3O2. The van der Waals surface area contributed by atoms with Gasteiger partial charge in [-0.1, -0.05) is 6.07 Å². The fourth-order valence-electron chi connectivity index (χ4n) is 3.61. The highest BCUT2D eigenvalue weighted by molar-refractivity contribution is 5.94. The largest absolute Gasteiger partial charge is 0.497 e. The summed E-state index contributed by atoms with van der Waals surface area (Å²) in [6.07, 6.45) is 1.82. The molecule has 28 heavy (non-hydrogen) atoms. The highest BCUT2D eigenvalue weighted by Crippen LogP contribution is 2.31. The number of benzene rings is 2. The molecule has 1 aliphatic heterocycles. The minimum atomic E-state index is -0.677. The van der Waals surface area contributed by atoms with Crippen molar-refractivity contribution in [2.45, 2.75) is 27.3 Å². The maximum Gasteiger partial charge on any atom is 0.159 e. The standard InChI is InChI=1S/C23H23N3O2/c1-15-22-13-24-25(19-10-8-18(9-11-19)17(3)27)14-23(22)16(2)26(15)20-6-5-7-21(12-20)28-4/h5-13H,14H2,1-4H3/i14D.